The van der Waals surface area contributed by atoms with Gasteiger partial charge >= 0.3 is 5.97 Å². The highest BCUT2D eigenvalue weighted by atomic mass is 16.5. The van der Waals surface area contributed by atoms with Crippen molar-refractivity contribution >= 4 is 16.9 Å². The maximum absolute atomic E-state index is 12.9. The van der Waals surface area contributed by atoms with E-state index in [9.17, 15) is 14.4 Å². The van der Waals surface area contributed by atoms with Crippen LogP contribution in [-0.4, -0.2) is 28.3 Å². The monoisotopic (exact) mass is 403 g/mol. The van der Waals surface area contributed by atoms with Crippen molar-refractivity contribution in [3.05, 3.63) is 104 Å². The van der Waals surface area contributed by atoms with E-state index in [2.05, 4.69) is 15.2 Å². The summed E-state index contributed by atoms with van der Waals surface area (Å²) in [6.07, 6.45) is 0.332. The zero-order chi connectivity index (χ0) is 21.1. The van der Waals surface area contributed by atoms with Crippen LogP contribution in [0, 0.1) is 0 Å². The Balaban J connectivity index is 1.86. The topological polar surface area (TPSA) is 108 Å². The van der Waals surface area contributed by atoms with Crippen LogP contribution >= 0.6 is 0 Å². The Bertz CT molecular complexity index is 1300. The van der Waals surface area contributed by atoms with Gasteiger partial charge in [0.1, 0.15) is 0 Å². The van der Waals surface area contributed by atoms with Crippen LogP contribution < -0.4 is 11.1 Å². The zero-order valence-electron chi connectivity index (χ0n) is 16.4. The molecule has 0 saturated carbocycles. The van der Waals surface area contributed by atoms with E-state index in [1.165, 1.54) is 7.11 Å². The van der Waals surface area contributed by atoms with Crippen LogP contribution in [0.1, 0.15) is 34.7 Å². The minimum absolute atomic E-state index is 0.124. The van der Waals surface area contributed by atoms with Crippen molar-refractivity contribution in [3.8, 4) is 0 Å². The first kappa shape index (κ1) is 19.4. The zero-order valence-corrected chi connectivity index (χ0v) is 16.4. The molecule has 7 nitrogen and oxygen atoms in total. The van der Waals surface area contributed by atoms with Crippen molar-refractivity contribution in [2.75, 3.05) is 7.11 Å². The van der Waals surface area contributed by atoms with Gasteiger partial charge in [-0.3, -0.25) is 19.5 Å². The number of fused-ring (bicyclic) bond motifs is 1. The summed E-state index contributed by atoms with van der Waals surface area (Å²) in [6.45, 7) is 0. The van der Waals surface area contributed by atoms with E-state index in [1.54, 1.807) is 12.1 Å². The normalized spacial score (nSPS) is 12.0. The molecule has 2 aromatic carbocycles. The third-order valence-corrected chi connectivity index (χ3v) is 5.22. The average Bonchev–Trinajstić information content (AvgIpc) is 3.12. The average molecular weight is 403 g/mol. The molecule has 0 fully saturated rings. The Hall–Kier alpha value is -3.87. The number of nitrogens with one attached hydrogen (secondary N) is 3. The number of carbonyl (C=O) groups is 1. The van der Waals surface area contributed by atoms with Crippen molar-refractivity contribution in [1.29, 1.82) is 0 Å². The molecule has 0 aliphatic carbocycles. The van der Waals surface area contributed by atoms with Crippen LogP contribution in [0.2, 0.25) is 0 Å². The van der Waals surface area contributed by atoms with E-state index in [0.717, 1.165) is 10.9 Å². The van der Waals surface area contributed by atoms with Gasteiger partial charge in [-0.15, -0.1) is 0 Å². The standard InChI is InChI=1S/C23H21N3O4/c1-30-20(27)13-16(17-12-15-9-5-6-10-18(15)24-22(17)28)21-19(25-26-23(21)29)11-14-7-3-2-4-8-14/h2-10,12,16H,11,13H2,1H3,(H,24,28)(H2,25,26,29). The highest BCUT2D eigenvalue weighted by molar-refractivity contribution is 5.79. The Morgan fingerprint density at radius 3 is 2.47 bits per heavy atom. The Morgan fingerprint density at radius 1 is 0.967 bits per heavy atom. The highest BCUT2D eigenvalue weighted by Crippen LogP contribution is 2.28. The minimum atomic E-state index is -0.750. The first-order valence-electron chi connectivity index (χ1n) is 9.59. The number of hydrogen-bond acceptors (Lipinski definition) is 4. The number of benzene rings is 2. The van der Waals surface area contributed by atoms with E-state index in [1.807, 2.05) is 48.5 Å². The maximum Gasteiger partial charge on any atom is 0.306 e. The lowest BCUT2D eigenvalue weighted by atomic mass is 9.87. The van der Waals surface area contributed by atoms with Gasteiger partial charge in [-0.05, 0) is 23.1 Å². The number of pyridine rings is 1. The van der Waals surface area contributed by atoms with E-state index < -0.39 is 11.9 Å². The summed E-state index contributed by atoms with van der Waals surface area (Å²) in [4.78, 5) is 40.7. The smallest absolute Gasteiger partial charge is 0.306 e. The molecule has 3 N–H and O–H groups in total. The SMILES string of the molecule is COC(=O)CC(c1cc2ccccc2[nH]c1=O)c1c(Cc2ccccc2)[nH][nH]c1=O. The number of esters is 1. The number of methoxy groups -OCH3 is 1. The molecule has 0 saturated heterocycles. The number of ether oxygens (including phenoxy) is 1. The van der Waals surface area contributed by atoms with Gasteiger partial charge in [0.05, 0.1) is 13.5 Å². The van der Waals surface area contributed by atoms with E-state index in [4.69, 9.17) is 4.74 Å². The quantitative estimate of drug-likeness (QED) is 0.430. The molecule has 0 aliphatic rings. The van der Waals surface area contributed by atoms with Gasteiger partial charge in [-0.2, -0.15) is 0 Å². The molecule has 152 valence electrons. The third kappa shape index (κ3) is 3.82. The lowest BCUT2D eigenvalue weighted by molar-refractivity contribution is -0.140. The van der Waals surface area contributed by atoms with Crippen LogP contribution in [0.15, 0.2) is 70.3 Å². The summed E-state index contributed by atoms with van der Waals surface area (Å²) in [6, 6.07) is 18.8. The van der Waals surface area contributed by atoms with Crippen LogP contribution in [0.25, 0.3) is 10.9 Å². The van der Waals surface area contributed by atoms with Gasteiger partial charge in [0.25, 0.3) is 11.1 Å². The fourth-order valence-corrected chi connectivity index (χ4v) is 3.75. The number of hydrogen-bond donors (Lipinski definition) is 3. The molecule has 7 heteroatoms. The van der Waals surface area contributed by atoms with E-state index >= 15 is 0 Å². The fraction of sp³-hybridized carbons (Fsp3) is 0.174. The Kier molecular flexibility index (Phi) is 5.34. The second-order valence-corrected chi connectivity index (χ2v) is 7.11. The Morgan fingerprint density at radius 2 is 1.70 bits per heavy atom. The van der Waals surface area contributed by atoms with Crippen molar-refractivity contribution in [1.82, 2.24) is 15.2 Å². The van der Waals surface area contributed by atoms with Crippen LogP contribution in [0.4, 0.5) is 0 Å². The molecular formula is C23H21N3O4. The van der Waals surface area contributed by atoms with Gasteiger partial charge < -0.3 is 14.8 Å². The first-order chi connectivity index (χ1) is 14.6. The van der Waals surface area contributed by atoms with Gasteiger partial charge in [0.15, 0.2) is 0 Å². The minimum Gasteiger partial charge on any atom is -0.469 e. The second kappa shape index (κ2) is 8.24. The lowest BCUT2D eigenvalue weighted by Crippen LogP contribution is -2.24. The van der Waals surface area contributed by atoms with Crippen molar-refractivity contribution in [2.24, 2.45) is 0 Å². The van der Waals surface area contributed by atoms with Crippen LogP contribution in [0.5, 0.6) is 0 Å². The molecule has 30 heavy (non-hydrogen) atoms. The molecule has 2 aromatic heterocycles. The summed E-state index contributed by atoms with van der Waals surface area (Å²) < 4.78 is 4.85. The third-order valence-electron chi connectivity index (χ3n) is 5.22. The lowest BCUT2D eigenvalue weighted by Gasteiger charge is -2.16. The van der Waals surface area contributed by atoms with Crippen LogP contribution in [0.3, 0.4) is 0 Å². The molecular weight excluding hydrogens is 382 g/mol. The summed E-state index contributed by atoms with van der Waals surface area (Å²) in [5.74, 6) is -1.25. The number of para-hydroxylation sites is 1. The molecule has 0 radical (unpaired) electrons. The number of aromatic nitrogens is 3. The number of rotatable bonds is 6. The fourth-order valence-electron chi connectivity index (χ4n) is 3.75. The van der Waals surface area contributed by atoms with Crippen molar-refractivity contribution in [2.45, 2.75) is 18.8 Å². The molecule has 0 aliphatic heterocycles. The Labute approximate surface area is 171 Å². The molecule has 1 atom stereocenters. The second-order valence-electron chi connectivity index (χ2n) is 7.11. The van der Waals surface area contributed by atoms with Crippen molar-refractivity contribution < 1.29 is 9.53 Å². The molecule has 4 rings (SSSR count). The van der Waals surface area contributed by atoms with Gasteiger partial charge in [0.2, 0.25) is 0 Å². The largest absolute Gasteiger partial charge is 0.469 e. The van der Waals surface area contributed by atoms with E-state index in [0.29, 0.717) is 28.8 Å². The predicted octanol–water partition coefficient (Wildman–Crippen LogP) is 2.83. The highest BCUT2D eigenvalue weighted by Gasteiger charge is 2.28. The molecule has 0 amide bonds. The number of carbonyl (C=O) groups excluding carboxylic acids is 1. The maximum atomic E-state index is 12.9. The summed E-state index contributed by atoms with van der Waals surface area (Å²) in [7, 11) is 1.29. The predicted molar refractivity (Wildman–Crippen MR) is 114 cm³/mol. The van der Waals surface area contributed by atoms with Gasteiger partial charge in [-0.1, -0.05) is 48.5 Å². The molecule has 4 aromatic rings. The van der Waals surface area contributed by atoms with E-state index in [-0.39, 0.29) is 17.5 Å². The molecule has 0 bridgehead atoms. The first-order valence-corrected chi connectivity index (χ1v) is 9.59. The van der Waals surface area contributed by atoms with Gasteiger partial charge in [-0.25, -0.2) is 0 Å². The molecule has 2 heterocycles. The molecule has 0 spiro atoms. The summed E-state index contributed by atoms with van der Waals surface area (Å²) in [5, 5.41) is 6.35. The molecule has 1 unspecified atom stereocenters. The number of aromatic amines is 3. The number of H-pyrrole nitrogens is 3. The summed E-state index contributed by atoms with van der Waals surface area (Å²) in [5.41, 5.74) is 2.33. The van der Waals surface area contributed by atoms with Crippen molar-refractivity contribution in [3.63, 3.8) is 0 Å². The summed E-state index contributed by atoms with van der Waals surface area (Å²) >= 11 is 0. The van der Waals surface area contributed by atoms with Gasteiger partial charge in [0, 0.05) is 34.7 Å². The van der Waals surface area contributed by atoms with Crippen LogP contribution in [-0.2, 0) is 16.0 Å².